The Balaban J connectivity index is 1.97. The summed E-state index contributed by atoms with van der Waals surface area (Å²) in [6, 6.07) is 11.1. The Kier molecular flexibility index (Phi) is 3.07. The molecule has 3 rings (SSSR count). The second kappa shape index (κ2) is 5.03. The van der Waals surface area contributed by atoms with Crippen LogP contribution in [0, 0.1) is 0 Å². The van der Waals surface area contributed by atoms with Crippen LogP contribution in [0.1, 0.15) is 0 Å². The highest BCUT2D eigenvalue weighted by Crippen LogP contribution is 2.26. The standard InChI is InChI=1S/C12H9ClN6/c13-8-3-1-4-9(7-8)15-11-10(5-2-6-14-11)12-16-18-19-17-12/h1-7H,(H,14,15)(H,16,17,18,19). The third-order valence-electron chi connectivity index (χ3n) is 2.48. The molecule has 0 saturated heterocycles. The summed E-state index contributed by atoms with van der Waals surface area (Å²) < 4.78 is 0. The molecule has 3 aromatic rings. The highest BCUT2D eigenvalue weighted by atomic mass is 35.5. The number of anilines is 2. The van der Waals surface area contributed by atoms with E-state index in [1.807, 2.05) is 36.4 Å². The van der Waals surface area contributed by atoms with Crippen molar-refractivity contribution in [3.63, 3.8) is 0 Å². The second-order valence-corrected chi connectivity index (χ2v) is 4.21. The number of benzene rings is 1. The lowest BCUT2D eigenvalue weighted by Crippen LogP contribution is -1.97. The fourth-order valence-electron chi connectivity index (χ4n) is 1.66. The third-order valence-corrected chi connectivity index (χ3v) is 2.72. The largest absolute Gasteiger partial charge is 0.340 e. The van der Waals surface area contributed by atoms with Crippen LogP contribution >= 0.6 is 11.6 Å². The van der Waals surface area contributed by atoms with Crippen molar-refractivity contribution in [2.45, 2.75) is 0 Å². The minimum atomic E-state index is 0.484. The van der Waals surface area contributed by atoms with Crippen molar-refractivity contribution in [1.29, 1.82) is 0 Å². The summed E-state index contributed by atoms with van der Waals surface area (Å²) in [6.45, 7) is 0. The van der Waals surface area contributed by atoms with Gasteiger partial charge in [0.15, 0.2) is 0 Å². The molecule has 94 valence electrons. The van der Waals surface area contributed by atoms with Crippen molar-refractivity contribution in [3.05, 3.63) is 47.6 Å². The monoisotopic (exact) mass is 272 g/mol. The number of pyridine rings is 1. The molecule has 1 aromatic carbocycles. The van der Waals surface area contributed by atoms with Gasteiger partial charge in [0.1, 0.15) is 5.82 Å². The quantitative estimate of drug-likeness (QED) is 0.766. The van der Waals surface area contributed by atoms with Crippen molar-refractivity contribution in [2.24, 2.45) is 0 Å². The predicted octanol–water partition coefficient (Wildman–Crippen LogP) is 2.66. The Bertz CT molecular complexity index is 682. The lowest BCUT2D eigenvalue weighted by atomic mass is 10.2. The number of hydrogen-bond acceptors (Lipinski definition) is 5. The van der Waals surface area contributed by atoms with Crippen LogP contribution in [-0.4, -0.2) is 25.6 Å². The number of halogens is 1. The summed E-state index contributed by atoms with van der Waals surface area (Å²) in [5.41, 5.74) is 1.60. The molecule has 0 bridgehead atoms. The van der Waals surface area contributed by atoms with Gasteiger partial charge in [-0.2, -0.15) is 5.21 Å². The summed E-state index contributed by atoms with van der Waals surface area (Å²) >= 11 is 5.95. The van der Waals surface area contributed by atoms with E-state index < -0.39 is 0 Å². The normalized spacial score (nSPS) is 10.4. The molecule has 0 aliphatic heterocycles. The minimum absolute atomic E-state index is 0.484. The van der Waals surface area contributed by atoms with Crippen molar-refractivity contribution in [3.8, 4) is 11.4 Å². The van der Waals surface area contributed by atoms with E-state index in [2.05, 4.69) is 30.9 Å². The molecule has 0 unspecified atom stereocenters. The van der Waals surface area contributed by atoms with Crippen molar-refractivity contribution in [2.75, 3.05) is 5.32 Å². The van der Waals surface area contributed by atoms with E-state index in [1.54, 1.807) is 6.20 Å². The number of aromatic nitrogens is 5. The lowest BCUT2D eigenvalue weighted by molar-refractivity contribution is 0.881. The molecule has 6 nitrogen and oxygen atoms in total. The zero-order valence-corrected chi connectivity index (χ0v) is 10.5. The van der Waals surface area contributed by atoms with E-state index in [1.165, 1.54) is 0 Å². The zero-order chi connectivity index (χ0) is 13.1. The maximum atomic E-state index is 5.95. The molecule has 0 atom stereocenters. The van der Waals surface area contributed by atoms with E-state index in [4.69, 9.17) is 11.6 Å². The van der Waals surface area contributed by atoms with E-state index in [0.29, 0.717) is 16.7 Å². The number of nitrogens with zero attached hydrogens (tertiary/aromatic N) is 4. The Morgan fingerprint density at radius 3 is 2.89 bits per heavy atom. The van der Waals surface area contributed by atoms with Gasteiger partial charge in [-0.05, 0) is 35.5 Å². The van der Waals surface area contributed by atoms with E-state index >= 15 is 0 Å². The van der Waals surface area contributed by atoms with E-state index in [9.17, 15) is 0 Å². The van der Waals surface area contributed by atoms with Gasteiger partial charge in [-0.1, -0.05) is 17.7 Å². The van der Waals surface area contributed by atoms with Gasteiger partial charge >= 0.3 is 0 Å². The predicted molar refractivity (Wildman–Crippen MR) is 72.1 cm³/mol. The smallest absolute Gasteiger partial charge is 0.208 e. The summed E-state index contributed by atoms with van der Waals surface area (Å²) in [5.74, 6) is 1.13. The first kappa shape index (κ1) is 11.6. The van der Waals surface area contributed by atoms with Crippen LogP contribution in [0.5, 0.6) is 0 Å². The van der Waals surface area contributed by atoms with Gasteiger partial charge in [0.25, 0.3) is 0 Å². The van der Waals surface area contributed by atoms with Gasteiger partial charge in [-0.3, -0.25) is 0 Å². The first-order valence-electron chi connectivity index (χ1n) is 5.54. The first-order valence-corrected chi connectivity index (χ1v) is 5.92. The molecule has 2 aromatic heterocycles. The van der Waals surface area contributed by atoms with Crippen LogP contribution in [-0.2, 0) is 0 Å². The summed E-state index contributed by atoms with van der Waals surface area (Å²) in [6.07, 6.45) is 1.69. The van der Waals surface area contributed by atoms with Crippen molar-refractivity contribution in [1.82, 2.24) is 25.6 Å². The molecule has 19 heavy (non-hydrogen) atoms. The number of nitrogens with one attached hydrogen (secondary N) is 2. The number of aromatic amines is 1. The van der Waals surface area contributed by atoms with Gasteiger partial charge in [-0.25, -0.2) is 4.98 Å². The summed E-state index contributed by atoms with van der Waals surface area (Å²) in [5, 5.41) is 17.7. The van der Waals surface area contributed by atoms with Gasteiger partial charge in [0.05, 0.1) is 5.56 Å². The second-order valence-electron chi connectivity index (χ2n) is 3.77. The molecule has 2 heterocycles. The molecule has 0 amide bonds. The van der Waals surface area contributed by atoms with Gasteiger partial charge in [0.2, 0.25) is 5.82 Å². The zero-order valence-electron chi connectivity index (χ0n) is 9.71. The lowest BCUT2D eigenvalue weighted by Gasteiger charge is -2.08. The fraction of sp³-hybridized carbons (Fsp3) is 0. The molecular formula is C12H9ClN6. The molecule has 0 fully saturated rings. The van der Waals surface area contributed by atoms with Gasteiger partial charge < -0.3 is 5.32 Å². The van der Waals surface area contributed by atoms with Gasteiger partial charge in [-0.15, -0.1) is 10.2 Å². The molecule has 0 spiro atoms. The maximum Gasteiger partial charge on any atom is 0.208 e. The summed E-state index contributed by atoms with van der Waals surface area (Å²) in [7, 11) is 0. The minimum Gasteiger partial charge on any atom is -0.340 e. The van der Waals surface area contributed by atoms with E-state index in [-0.39, 0.29) is 0 Å². The van der Waals surface area contributed by atoms with E-state index in [0.717, 1.165) is 11.3 Å². The average molecular weight is 273 g/mol. The van der Waals surface area contributed by atoms with Crippen molar-refractivity contribution < 1.29 is 0 Å². The number of hydrogen-bond donors (Lipinski definition) is 2. The summed E-state index contributed by atoms with van der Waals surface area (Å²) in [4.78, 5) is 4.28. The van der Waals surface area contributed by atoms with Gasteiger partial charge in [0, 0.05) is 16.9 Å². The average Bonchev–Trinajstić information content (AvgIpc) is 2.93. The van der Waals surface area contributed by atoms with Crippen LogP contribution in [0.25, 0.3) is 11.4 Å². The highest BCUT2D eigenvalue weighted by Gasteiger charge is 2.10. The molecule has 2 N–H and O–H groups in total. The fourth-order valence-corrected chi connectivity index (χ4v) is 1.85. The maximum absolute atomic E-state index is 5.95. The molecule has 0 radical (unpaired) electrons. The number of tetrazole rings is 1. The molecular weight excluding hydrogens is 264 g/mol. The van der Waals surface area contributed by atoms with Crippen LogP contribution in [0.2, 0.25) is 5.02 Å². The number of H-pyrrole nitrogens is 1. The highest BCUT2D eigenvalue weighted by molar-refractivity contribution is 6.30. The third kappa shape index (κ3) is 2.53. The van der Waals surface area contributed by atoms with Crippen LogP contribution < -0.4 is 5.32 Å². The molecule has 0 aliphatic rings. The van der Waals surface area contributed by atoms with Crippen LogP contribution in [0.15, 0.2) is 42.6 Å². The Labute approximate surface area is 113 Å². The Morgan fingerprint density at radius 2 is 2.11 bits per heavy atom. The van der Waals surface area contributed by atoms with Crippen LogP contribution in [0.3, 0.4) is 0 Å². The molecule has 7 heteroatoms. The molecule has 0 saturated carbocycles. The Hall–Kier alpha value is -2.47. The van der Waals surface area contributed by atoms with Crippen molar-refractivity contribution >= 4 is 23.1 Å². The Morgan fingerprint density at radius 1 is 1.16 bits per heavy atom. The topological polar surface area (TPSA) is 79.4 Å². The number of rotatable bonds is 3. The SMILES string of the molecule is Clc1cccc(Nc2ncccc2-c2nn[nH]n2)c1. The first-order chi connectivity index (χ1) is 9.33. The molecule has 0 aliphatic carbocycles. The van der Waals surface area contributed by atoms with Crippen LogP contribution in [0.4, 0.5) is 11.5 Å².